The van der Waals surface area contributed by atoms with E-state index >= 15 is 0 Å². The van der Waals surface area contributed by atoms with E-state index in [0.717, 1.165) is 12.3 Å². The Morgan fingerprint density at radius 2 is 2.18 bits per heavy atom. The quantitative estimate of drug-likeness (QED) is 0.711. The van der Waals surface area contributed by atoms with Gasteiger partial charge in [0, 0.05) is 11.9 Å². The van der Waals surface area contributed by atoms with Gasteiger partial charge in [-0.3, -0.25) is 9.82 Å². The minimum absolute atomic E-state index is 0.0840. The molecule has 2 rings (SSSR count). The molecule has 0 atom stereocenters. The fraction of sp³-hybridized carbons (Fsp3) is 0. The number of halogens is 1. The average molecular weight is 256 g/mol. The van der Waals surface area contributed by atoms with Gasteiger partial charge in [-0.25, -0.2) is 12.8 Å². The van der Waals surface area contributed by atoms with Gasteiger partial charge in [-0.15, -0.1) is 0 Å². The number of anilines is 2. The highest BCUT2D eigenvalue weighted by atomic mass is 32.2. The molecule has 0 radical (unpaired) electrons. The maximum atomic E-state index is 13.3. The standard InChI is InChI=1S/C9H9FN4O2S/c10-8-2-1-6(11)3-9(8)14-17(15,16)7-4-12-13-5-7/h1-5,14H,11H2,(H,12,13). The number of aromatic nitrogens is 2. The van der Waals surface area contributed by atoms with Gasteiger partial charge in [-0.1, -0.05) is 0 Å². The number of sulfonamides is 1. The molecule has 1 aromatic heterocycles. The van der Waals surface area contributed by atoms with E-state index in [9.17, 15) is 12.8 Å². The van der Waals surface area contributed by atoms with Crippen molar-refractivity contribution >= 4 is 21.4 Å². The van der Waals surface area contributed by atoms with E-state index < -0.39 is 15.8 Å². The third kappa shape index (κ3) is 2.36. The Hall–Kier alpha value is -2.09. The molecule has 1 aromatic carbocycles. The molecule has 0 aliphatic heterocycles. The van der Waals surface area contributed by atoms with Gasteiger partial charge in [0.25, 0.3) is 10.0 Å². The first-order valence-corrected chi connectivity index (χ1v) is 6.04. The predicted molar refractivity (Wildman–Crippen MR) is 60.2 cm³/mol. The maximum absolute atomic E-state index is 13.3. The van der Waals surface area contributed by atoms with Crippen molar-refractivity contribution in [1.82, 2.24) is 10.2 Å². The minimum Gasteiger partial charge on any atom is -0.399 e. The van der Waals surface area contributed by atoms with Gasteiger partial charge in [-0.2, -0.15) is 5.10 Å². The zero-order chi connectivity index (χ0) is 12.5. The van der Waals surface area contributed by atoms with Gasteiger partial charge >= 0.3 is 0 Å². The summed E-state index contributed by atoms with van der Waals surface area (Å²) in [5, 5.41) is 5.87. The number of nitrogens with two attached hydrogens (primary N) is 1. The fourth-order valence-electron chi connectivity index (χ4n) is 1.21. The van der Waals surface area contributed by atoms with Crippen molar-refractivity contribution in [3.63, 3.8) is 0 Å². The lowest BCUT2D eigenvalue weighted by Crippen LogP contribution is -2.13. The lowest BCUT2D eigenvalue weighted by Gasteiger charge is -2.07. The van der Waals surface area contributed by atoms with Crippen LogP contribution in [0, 0.1) is 5.82 Å². The van der Waals surface area contributed by atoms with E-state index in [1.165, 1.54) is 18.3 Å². The van der Waals surface area contributed by atoms with Gasteiger partial charge in [0.15, 0.2) is 0 Å². The normalized spacial score (nSPS) is 11.4. The van der Waals surface area contributed by atoms with Gasteiger partial charge in [0.1, 0.15) is 10.7 Å². The molecule has 0 amide bonds. The highest BCUT2D eigenvalue weighted by molar-refractivity contribution is 7.92. The number of benzene rings is 1. The van der Waals surface area contributed by atoms with Crippen LogP contribution in [0.2, 0.25) is 0 Å². The largest absolute Gasteiger partial charge is 0.399 e. The summed E-state index contributed by atoms with van der Waals surface area (Å²) >= 11 is 0. The third-order valence-electron chi connectivity index (χ3n) is 2.02. The van der Waals surface area contributed by atoms with E-state index in [-0.39, 0.29) is 16.3 Å². The molecule has 0 aliphatic carbocycles. The van der Waals surface area contributed by atoms with Crippen LogP contribution in [0.3, 0.4) is 0 Å². The molecule has 2 aromatic rings. The first kappa shape index (κ1) is 11.4. The fourth-order valence-corrected chi connectivity index (χ4v) is 2.17. The number of aromatic amines is 1. The van der Waals surface area contributed by atoms with Crippen molar-refractivity contribution in [1.29, 1.82) is 0 Å². The van der Waals surface area contributed by atoms with Crippen LogP contribution < -0.4 is 10.5 Å². The Balaban J connectivity index is 2.36. The van der Waals surface area contributed by atoms with Crippen molar-refractivity contribution < 1.29 is 12.8 Å². The molecular formula is C9H9FN4O2S. The number of rotatable bonds is 3. The summed E-state index contributed by atoms with van der Waals surface area (Å²) in [6, 6.07) is 3.63. The number of hydrogen-bond acceptors (Lipinski definition) is 4. The zero-order valence-electron chi connectivity index (χ0n) is 8.51. The van der Waals surface area contributed by atoms with Gasteiger partial charge in [0.05, 0.1) is 11.9 Å². The Kier molecular flexibility index (Phi) is 2.72. The lowest BCUT2D eigenvalue weighted by molar-refractivity contribution is 0.598. The second-order valence-electron chi connectivity index (χ2n) is 3.28. The van der Waals surface area contributed by atoms with Crippen molar-refractivity contribution in [2.75, 3.05) is 10.5 Å². The summed E-state index contributed by atoms with van der Waals surface area (Å²) < 4.78 is 38.9. The van der Waals surface area contributed by atoms with Crippen LogP contribution in [-0.4, -0.2) is 18.6 Å². The SMILES string of the molecule is Nc1ccc(F)c(NS(=O)(=O)c2cn[nH]c2)c1. The number of H-pyrrole nitrogens is 1. The molecule has 1 heterocycles. The van der Waals surface area contributed by atoms with Gasteiger partial charge in [-0.05, 0) is 18.2 Å². The van der Waals surface area contributed by atoms with Crippen molar-refractivity contribution in [3.05, 3.63) is 36.4 Å². The molecule has 0 spiro atoms. The Morgan fingerprint density at radius 1 is 1.41 bits per heavy atom. The third-order valence-corrected chi connectivity index (χ3v) is 3.35. The lowest BCUT2D eigenvalue weighted by atomic mass is 10.3. The Labute approximate surface area is 96.7 Å². The predicted octanol–water partition coefficient (Wildman–Crippen LogP) is 0.932. The van der Waals surface area contributed by atoms with Crippen molar-refractivity contribution in [2.24, 2.45) is 0 Å². The van der Waals surface area contributed by atoms with Crippen LogP contribution in [0.1, 0.15) is 0 Å². The summed E-state index contributed by atoms with van der Waals surface area (Å²) in [5.74, 6) is -0.703. The van der Waals surface area contributed by atoms with E-state index in [2.05, 4.69) is 14.9 Å². The molecule has 0 fully saturated rings. The summed E-state index contributed by atoms with van der Waals surface area (Å²) in [7, 11) is -3.85. The molecule has 6 nitrogen and oxygen atoms in total. The Morgan fingerprint density at radius 3 is 2.82 bits per heavy atom. The first-order valence-electron chi connectivity index (χ1n) is 4.56. The topological polar surface area (TPSA) is 101 Å². The second-order valence-corrected chi connectivity index (χ2v) is 4.96. The molecule has 0 saturated heterocycles. The number of nitrogen functional groups attached to an aromatic ring is 1. The summed E-state index contributed by atoms with van der Waals surface area (Å²) in [4.78, 5) is -0.0840. The molecule has 0 unspecified atom stereocenters. The first-order chi connectivity index (χ1) is 7.99. The Bertz CT molecular complexity index is 624. The smallest absolute Gasteiger partial charge is 0.265 e. The van der Waals surface area contributed by atoms with Crippen LogP contribution in [0.25, 0.3) is 0 Å². The van der Waals surface area contributed by atoms with E-state index in [0.29, 0.717) is 0 Å². The summed E-state index contributed by atoms with van der Waals surface area (Å²) in [5.41, 5.74) is 5.50. The highest BCUT2D eigenvalue weighted by Gasteiger charge is 2.17. The van der Waals surface area contributed by atoms with E-state index in [1.54, 1.807) is 0 Å². The van der Waals surface area contributed by atoms with Gasteiger partial charge in [0.2, 0.25) is 0 Å². The van der Waals surface area contributed by atoms with Crippen LogP contribution in [-0.2, 0) is 10.0 Å². The second kappa shape index (κ2) is 4.06. The number of nitrogens with zero attached hydrogens (tertiary/aromatic N) is 1. The molecular weight excluding hydrogens is 247 g/mol. The molecule has 0 saturated carbocycles. The maximum Gasteiger partial charge on any atom is 0.265 e. The van der Waals surface area contributed by atoms with Crippen LogP contribution in [0.5, 0.6) is 0 Å². The molecule has 4 N–H and O–H groups in total. The molecule has 0 bridgehead atoms. The zero-order valence-corrected chi connectivity index (χ0v) is 9.33. The summed E-state index contributed by atoms with van der Waals surface area (Å²) in [6.07, 6.45) is 2.30. The van der Waals surface area contributed by atoms with E-state index in [4.69, 9.17) is 5.73 Å². The summed E-state index contributed by atoms with van der Waals surface area (Å²) in [6.45, 7) is 0. The van der Waals surface area contributed by atoms with Crippen molar-refractivity contribution in [2.45, 2.75) is 4.90 Å². The van der Waals surface area contributed by atoms with E-state index in [1.807, 2.05) is 0 Å². The van der Waals surface area contributed by atoms with Crippen LogP contribution in [0.4, 0.5) is 15.8 Å². The van der Waals surface area contributed by atoms with Gasteiger partial charge < -0.3 is 5.73 Å². The highest BCUT2D eigenvalue weighted by Crippen LogP contribution is 2.20. The minimum atomic E-state index is -3.85. The number of hydrogen-bond donors (Lipinski definition) is 3. The monoisotopic (exact) mass is 256 g/mol. The van der Waals surface area contributed by atoms with Crippen molar-refractivity contribution in [3.8, 4) is 0 Å². The van der Waals surface area contributed by atoms with Crippen LogP contribution in [0.15, 0.2) is 35.5 Å². The molecule has 17 heavy (non-hydrogen) atoms. The molecule has 0 aliphatic rings. The molecule has 90 valence electrons. The molecule has 8 heteroatoms. The average Bonchev–Trinajstić information content (AvgIpc) is 2.77. The van der Waals surface area contributed by atoms with Crippen LogP contribution >= 0.6 is 0 Å². The number of nitrogens with one attached hydrogen (secondary N) is 2.